The first-order chi connectivity index (χ1) is 17.1. The van der Waals surface area contributed by atoms with Gasteiger partial charge in [0.2, 0.25) is 0 Å². The number of anilines is 1. The van der Waals surface area contributed by atoms with E-state index in [9.17, 15) is 22.8 Å². The molecule has 3 aliphatic heterocycles. The van der Waals surface area contributed by atoms with Gasteiger partial charge in [0.15, 0.2) is 15.4 Å². The summed E-state index contributed by atoms with van der Waals surface area (Å²) in [6, 6.07) is 13.1. The molecule has 0 unspecified atom stereocenters. The Bertz CT molecular complexity index is 1330. The molecule has 5 rings (SSSR count). The predicted octanol–water partition coefficient (Wildman–Crippen LogP) is 0.881. The van der Waals surface area contributed by atoms with Crippen LogP contribution < -0.4 is 20.9 Å². The molecule has 3 heterocycles. The predicted molar refractivity (Wildman–Crippen MR) is 133 cm³/mol. The molecule has 0 bridgehead atoms. The van der Waals surface area contributed by atoms with Gasteiger partial charge >= 0.3 is 6.03 Å². The fourth-order valence-corrected chi connectivity index (χ4v) is 6.62. The van der Waals surface area contributed by atoms with E-state index in [0.717, 1.165) is 5.56 Å². The Morgan fingerprint density at radius 3 is 2.53 bits per heavy atom. The van der Waals surface area contributed by atoms with Crippen LogP contribution >= 0.6 is 0 Å². The lowest BCUT2D eigenvalue weighted by atomic mass is 9.93. The van der Waals surface area contributed by atoms with E-state index in [2.05, 4.69) is 20.9 Å². The molecular formula is C25H29N5O5S. The highest BCUT2D eigenvalue weighted by atomic mass is 32.2. The highest BCUT2D eigenvalue weighted by molar-refractivity contribution is 7.91. The van der Waals surface area contributed by atoms with Crippen LogP contribution in [0.5, 0.6) is 0 Å². The summed E-state index contributed by atoms with van der Waals surface area (Å²) >= 11 is 0. The molecule has 1 spiro atoms. The van der Waals surface area contributed by atoms with Gasteiger partial charge in [0, 0.05) is 37.8 Å². The number of carbonyl (C=O) groups excluding carboxylic acids is 3. The van der Waals surface area contributed by atoms with E-state index in [4.69, 9.17) is 0 Å². The summed E-state index contributed by atoms with van der Waals surface area (Å²) in [5.74, 6) is -0.703. The Morgan fingerprint density at radius 1 is 1.14 bits per heavy atom. The zero-order chi connectivity index (χ0) is 25.7. The number of para-hydroxylation sites is 1. The Kier molecular flexibility index (Phi) is 6.00. The molecule has 11 heteroatoms. The standard InChI is InChI=1S/C25H29N5O5S/c1-16(2)30-14-21(25(15-30)23(32)27-24(33)28-25)26-22(31)18-9-7-17(8-10-18)13-29-11-12-36(34,35)20-6-4-3-5-19(20)29/h3-10,16,21H,11-15H2,1-2H3,(H,26,31)(H2,27,28,32,33)/t21-,25+/m1/s1. The van der Waals surface area contributed by atoms with Crippen molar-refractivity contribution in [1.82, 2.24) is 20.9 Å². The van der Waals surface area contributed by atoms with Gasteiger partial charge in [-0.3, -0.25) is 19.8 Å². The summed E-state index contributed by atoms with van der Waals surface area (Å²) in [6.45, 7) is 5.66. The molecule has 0 aliphatic carbocycles. The number of carbonyl (C=O) groups is 3. The number of benzene rings is 2. The summed E-state index contributed by atoms with van der Waals surface area (Å²) in [5, 5.41) is 7.99. The highest BCUT2D eigenvalue weighted by Crippen LogP contribution is 2.31. The highest BCUT2D eigenvalue weighted by Gasteiger charge is 2.58. The maximum absolute atomic E-state index is 13.1. The molecule has 0 aromatic heterocycles. The summed E-state index contributed by atoms with van der Waals surface area (Å²) < 4.78 is 24.8. The first-order valence-corrected chi connectivity index (χ1v) is 13.6. The fraction of sp³-hybridized carbons (Fsp3) is 0.400. The monoisotopic (exact) mass is 511 g/mol. The van der Waals surface area contributed by atoms with Gasteiger partial charge in [-0.1, -0.05) is 24.3 Å². The molecule has 2 aromatic rings. The summed E-state index contributed by atoms with van der Waals surface area (Å²) in [6.07, 6.45) is 0. The molecule has 2 atom stereocenters. The minimum Gasteiger partial charge on any atom is -0.365 e. The summed E-state index contributed by atoms with van der Waals surface area (Å²) in [5.41, 5.74) is 0.859. The second kappa shape index (κ2) is 8.90. The molecule has 190 valence electrons. The zero-order valence-corrected chi connectivity index (χ0v) is 21.0. The number of fused-ring (bicyclic) bond motifs is 1. The lowest BCUT2D eigenvalue weighted by Gasteiger charge is -2.31. The number of nitrogens with one attached hydrogen (secondary N) is 3. The molecule has 0 saturated carbocycles. The Labute approximate surface area is 209 Å². The third-order valence-electron chi connectivity index (χ3n) is 7.23. The summed E-state index contributed by atoms with van der Waals surface area (Å²) in [4.78, 5) is 42.1. The van der Waals surface area contributed by atoms with Crippen LogP contribution in [0.4, 0.5) is 10.5 Å². The smallest absolute Gasteiger partial charge is 0.322 e. The third-order valence-corrected chi connectivity index (χ3v) is 8.96. The number of rotatable bonds is 5. The summed E-state index contributed by atoms with van der Waals surface area (Å²) in [7, 11) is -3.28. The van der Waals surface area contributed by atoms with Crippen LogP contribution in [0.25, 0.3) is 0 Å². The first-order valence-electron chi connectivity index (χ1n) is 11.9. The van der Waals surface area contributed by atoms with Gasteiger partial charge in [0.05, 0.1) is 22.4 Å². The van der Waals surface area contributed by atoms with Crippen molar-refractivity contribution < 1.29 is 22.8 Å². The van der Waals surface area contributed by atoms with Crippen LogP contribution in [0.15, 0.2) is 53.4 Å². The maximum atomic E-state index is 13.1. The minimum atomic E-state index is -3.28. The number of sulfone groups is 1. The number of hydrogen-bond acceptors (Lipinski definition) is 7. The van der Waals surface area contributed by atoms with Crippen molar-refractivity contribution >= 4 is 33.4 Å². The Hall–Kier alpha value is -3.44. The van der Waals surface area contributed by atoms with Crippen LogP contribution in [0.3, 0.4) is 0 Å². The largest absolute Gasteiger partial charge is 0.365 e. The van der Waals surface area contributed by atoms with E-state index in [-0.39, 0.29) is 17.7 Å². The van der Waals surface area contributed by atoms with E-state index in [1.165, 1.54) is 0 Å². The van der Waals surface area contributed by atoms with Crippen LogP contribution in [0.2, 0.25) is 0 Å². The van der Waals surface area contributed by atoms with Crippen molar-refractivity contribution in [3.05, 3.63) is 59.7 Å². The van der Waals surface area contributed by atoms with Crippen LogP contribution in [0.1, 0.15) is 29.8 Å². The Morgan fingerprint density at radius 2 is 1.86 bits per heavy atom. The quantitative estimate of drug-likeness (QED) is 0.509. The van der Waals surface area contributed by atoms with Crippen molar-refractivity contribution in [3.63, 3.8) is 0 Å². The van der Waals surface area contributed by atoms with Crippen molar-refractivity contribution in [3.8, 4) is 0 Å². The number of hydrogen-bond donors (Lipinski definition) is 3. The van der Waals surface area contributed by atoms with Gasteiger partial charge in [0.1, 0.15) is 0 Å². The van der Waals surface area contributed by atoms with Crippen LogP contribution in [-0.2, 0) is 21.2 Å². The van der Waals surface area contributed by atoms with Crippen molar-refractivity contribution in [2.45, 2.75) is 42.9 Å². The maximum Gasteiger partial charge on any atom is 0.322 e. The van der Waals surface area contributed by atoms with Gasteiger partial charge in [0.25, 0.3) is 11.8 Å². The molecule has 2 aromatic carbocycles. The number of imide groups is 1. The molecule has 0 radical (unpaired) electrons. The molecule has 3 N–H and O–H groups in total. The van der Waals surface area contributed by atoms with E-state index >= 15 is 0 Å². The van der Waals surface area contributed by atoms with Crippen molar-refractivity contribution in [2.75, 3.05) is 30.3 Å². The average Bonchev–Trinajstić information content (AvgIpc) is 3.35. The average molecular weight is 512 g/mol. The number of nitrogens with zero attached hydrogens (tertiary/aromatic N) is 2. The Balaban J connectivity index is 1.30. The lowest BCUT2D eigenvalue weighted by Crippen LogP contribution is -2.62. The van der Waals surface area contributed by atoms with E-state index in [1.54, 1.807) is 24.3 Å². The number of urea groups is 1. The molecule has 10 nitrogen and oxygen atoms in total. The SMILES string of the molecule is CC(C)N1C[C@@H](NC(=O)c2ccc(CN3CCS(=O)(=O)c4ccccc43)cc2)[C@]2(C1)NC(=O)NC2=O. The third kappa shape index (κ3) is 4.22. The van der Waals surface area contributed by atoms with Crippen LogP contribution in [-0.4, -0.2) is 74.2 Å². The van der Waals surface area contributed by atoms with Crippen molar-refractivity contribution in [2.24, 2.45) is 0 Å². The van der Waals surface area contributed by atoms with Gasteiger partial charge in [-0.15, -0.1) is 0 Å². The van der Waals surface area contributed by atoms with Crippen LogP contribution in [0, 0.1) is 0 Å². The number of amides is 4. The normalized spacial score (nSPS) is 25.1. The lowest BCUT2D eigenvalue weighted by molar-refractivity contribution is -0.124. The number of likely N-dealkylation sites (tertiary alicyclic amines) is 1. The second-order valence-corrected chi connectivity index (χ2v) is 11.9. The van der Waals surface area contributed by atoms with Gasteiger partial charge in [-0.05, 0) is 43.7 Å². The van der Waals surface area contributed by atoms with Crippen molar-refractivity contribution in [1.29, 1.82) is 0 Å². The second-order valence-electron chi connectivity index (χ2n) is 9.83. The van der Waals surface area contributed by atoms with E-state index in [1.807, 2.05) is 43.0 Å². The topological polar surface area (TPSA) is 128 Å². The van der Waals surface area contributed by atoms with E-state index < -0.39 is 33.4 Å². The molecule has 4 amide bonds. The van der Waals surface area contributed by atoms with Gasteiger partial charge in [-0.25, -0.2) is 13.2 Å². The van der Waals surface area contributed by atoms with Gasteiger partial charge < -0.3 is 15.5 Å². The van der Waals surface area contributed by atoms with E-state index in [0.29, 0.717) is 42.3 Å². The molecule has 2 fully saturated rings. The fourth-order valence-electron chi connectivity index (χ4n) is 5.14. The molecule has 3 aliphatic rings. The first kappa shape index (κ1) is 24.3. The zero-order valence-electron chi connectivity index (χ0n) is 20.2. The molecule has 36 heavy (non-hydrogen) atoms. The van der Waals surface area contributed by atoms with Gasteiger partial charge in [-0.2, -0.15) is 0 Å². The molecular weight excluding hydrogens is 482 g/mol. The minimum absolute atomic E-state index is 0.0607. The molecule has 2 saturated heterocycles.